The summed E-state index contributed by atoms with van der Waals surface area (Å²) >= 11 is 12.1. The van der Waals surface area contributed by atoms with Crippen molar-refractivity contribution in [3.05, 3.63) is 87.3 Å². The van der Waals surface area contributed by atoms with Gasteiger partial charge in [-0.2, -0.15) is 18.3 Å². The Kier molecular flexibility index (Phi) is 11.2. The number of carboxylic acid groups (broad SMARTS) is 1. The second-order valence-electron chi connectivity index (χ2n) is 11.2. The lowest BCUT2D eigenvalue weighted by Gasteiger charge is -2.22. The summed E-state index contributed by atoms with van der Waals surface area (Å²) in [4.78, 5) is 44.7. The maximum absolute atomic E-state index is 15.4. The Hall–Kier alpha value is -5.20. The van der Waals surface area contributed by atoms with E-state index in [1.807, 2.05) is 13.0 Å². The van der Waals surface area contributed by atoms with Crippen LogP contribution in [0.3, 0.4) is 0 Å². The second kappa shape index (κ2) is 15.4. The molecule has 0 unspecified atom stereocenters. The molecule has 14 nitrogen and oxygen atoms in total. The summed E-state index contributed by atoms with van der Waals surface area (Å²) in [6, 6.07) is 7.21. The first kappa shape index (κ1) is 37.1. The van der Waals surface area contributed by atoms with E-state index >= 15 is 4.39 Å². The number of hydrogen-bond donors (Lipinski definition) is 3. The number of carboxylic acids is 1. The normalized spacial score (nSPS) is 16.2. The van der Waals surface area contributed by atoms with Crippen molar-refractivity contribution in [1.29, 1.82) is 0 Å². The number of amides is 1. The molecule has 1 amide bonds. The van der Waals surface area contributed by atoms with Gasteiger partial charge in [-0.05, 0) is 37.1 Å². The average Bonchev–Trinajstić information content (AvgIpc) is 3.69. The topological polar surface area (TPSA) is 183 Å². The minimum absolute atomic E-state index is 0.0355. The fourth-order valence-corrected chi connectivity index (χ4v) is 5.66. The monoisotopic (exact) mass is 751 g/mol. The number of hydrogen-bond acceptors (Lipinski definition) is 9. The Morgan fingerprint density at radius 2 is 1.86 bits per heavy atom. The lowest BCUT2D eigenvalue weighted by atomic mass is 9.97. The number of aliphatic hydroxyl groups excluding tert-OH is 1. The molecule has 0 spiro atoms. The number of aliphatic hydroxyl groups is 1. The fraction of sp³-hybridized carbons (Fsp3) is 0.290. The molecular formula is C31H27Cl2F4N9O5. The van der Waals surface area contributed by atoms with Gasteiger partial charge >= 0.3 is 12.1 Å². The quantitative estimate of drug-likeness (QED) is 0.203. The van der Waals surface area contributed by atoms with Crippen molar-refractivity contribution in [3.63, 3.8) is 0 Å². The van der Waals surface area contributed by atoms with Gasteiger partial charge in [-0.1, -0.05) is 41.8 Å². The summed E-state index contributed by atoms with van der Waals surface area (Å²) in [5.74, 6) is -4.00. The Bertz CT molecular complexity index is 2140. The molecule has 0 radical (unpaired) electrons. The van der Waals surface area contributed by atoms with Gasteiger partial charge in [-0.15, -0.1) is 5.10 Å². The number of benzene rings is 1. The molecule has 3 N–H and O–H groups in total. The molecule has 1 aliphatic rings. The standard InChI is InChI=1S/C29H26Cl2FN9O3.C2HF3O2/c1-16-3-2-4-22(19-11-17(7-8-33-19)28-21(36-29(16)44)13-35-40(28)9-10-42)39-15-34-20(12-25(39)43)26-23(6-5-18(30)27(26)32)41-14-24(31)37-38-41;3-2(4,5)1(6)7/h5-8,11-16,22,42H,2-4,9-10H2,1H3,(H,36,44);(H,6,7)/t16-,22+;/m1./s1. The summed E-state index contributed by atoms with van der Waals surface area (Å²) < 4.78 is 51.5. The summed E-state index contributed by atoms with van der Waals surface area (Å²) in [6.07, 6.45) is 2.50. The molecule has 0 aliphatic carbocycles. The Morgan fingerprint density at radius 1 is 1.12 bits per heavy atom. The number of carbonyl (C=O) groups is 2. The lowest BCUT2D eigenvalue weighted by Crippen LogP contribution is -2.27. The van der Waals surface area contributed by atoms with E-state index in [9.17, 15) is 27.9 Å². The predicted octanol–water partition coefficient (Wildman–Crippen LogP) is 5.17. The SMILES string of the molecule is C[C@@H]1CCC[C@H](n2cnc(-c3c(-n4cc(Cl)nn4)ccc(Cl)c3F)cc2=O)c2cc(ccn2)-c2c(cnn2CCO)NC1=O.O=C(O)C(F)(F)F. The largest absolute Gasteiger partial charge is 0.490 e. The van der Waals surface area contributed by atoms with E-state index in [0.29, 0.717) is 41.9 Å². The van der Waals surface area contributed by atoms with Crippen LogP contribution in [0.5, 0.6) is 0 Å². The highest BCUT2D eigenvalue weighted by atomic mass is 35.5. The summed E-state index contributed by atoms with van der Waals surface area (Å²) in [7, 11) is 0. The van der Waals surface area contributed by atoms with Crippen molar-refractivity contribution in [2.24, 2.45) is 5.92 Å². The second-order valence-corrected chi connectivity index (χ2v) is 12.0. The highest BCUT2D eigenvalue weighted by molar-refractivity contribution is 6.31. The van der Waals surface area contributed by atoms with Crippen LogP contribution in [0, 0.1) is 11.7 Å². The molecule has 5 heterocycles. The van der Waals surface area contributed by atoms with Gasteiger partial charge in [0.2, 0.25) is 5.91 Å². The summed E-state index contributed by atoms with van der Waals surface area (Å²) in [5, 5.41) is 31.7. The highest BCUT2D eigenvalue weighted by Crippen LogP contribution is 2.34. The number of rotatable bonds is 5. The maximum atomic E-state index is 15.4. The van der Waals surface area contributed by atoms with Gasteiger partial charge in [0.25, 0.3) is 5.56 Å². The van der Waals surface area contributed by atoms with E-state index in [0.717, 1.165) is 0 Å². The minimum Gasteiger partial charge on any atom is -0.475 e. The maximum Gasteiger partial charge on any atom is 0.490 e. The van der Waals surface area contributed by atoms with Crippen LogP contribution in [-0.4, -0.2) is 74.2 Å². The molecule has 2 atom stereocenters. The van der Waals surface area contributed by atoms with Crippen molar-refractivity contribution in [2.75, 3.05) is 11.9 Å². The van der Waals surface area contributed by atoms with Gasteiger partial charge < -0.3 is 15.5 Å². The molecule has 5 aromatic rings. The fourth-order valence-electron chi connectivity index (χ4n) is 5.37. The third-order valence-electron chi connectivity index (χ3n) is 7.82. The van der Waals surface area contributed by atoms with Crippen molar-refractivity contribution in [3.8, 4) is 28.2 Å². The van der Waals surface area contributed by atoms with Crippen molar-refractivity contribution in [2.45, 2.75) is 44.9 Å². The number of fused-ring (bicyclic) bond motifs is 4. The predicted molar refractivity (Wildman–Crippen MR) is 175 cm³/mol. The Labute approximate surface area is 295 Å². The summed E-state index contributed by atoms with van der Waals surface area (Å²) in [6.45, 7) is 1.91. The molecule has 2 bridgehead atoms. The molecule has 4 aromatic heterocycles. The number of nitrogens with zero attached hydrogens (tertiary/aromatic N) is 8. The van der Waals surface area contributed by atoms with E-state index in [2.05, 4.69) is 30.7 Å². The molecule has 0 fully saturated rings. The number of anilines is 1. The van der Waals surface area contributed by atoms with E-state index in [-0.39, 0.29) is 52.1 Å². The Balaban J connectivity index is 0.000000654. The van der Waals surface area contributed by atoms with Gasteiger partial charge in [-0.3, -0.25) is 23.8 Å². The van der Waals surface area contributed by atoms with Gasteiger partial charge in [0.1, 0.15) is 0 Å². The van der Waals surface area contributed by atoms with Gasteiger partial charge in [-0.25, -0.2) is 18.9 Å². The van der Waals surface area contributed by atoms with Crippen LogP contribution in [0.15, 0.2) is 60.0 Å². The molecule has 0 saturated heterocycles. The van der Waals surface area contributed by atoms with Gasteiger partial charge in [0.05, 0.1) is 77.0 Å². The number of aromatic nitrogens is 8. The molecule has 20 heteroatoms. The Morgan fingerprint density at radius 3 is 2.51 bits per heavy atom. The van der Waals surface area contributed by atoms with Gasteiger partial charge in [0.15, 0.2) is 11.0 Å². The van der Waals surface area contributed by atoms with Crippen LogP contribution in [0.4, 0.5) is 23.2 Å². The first-order valence-corrected chi connectivity index (χ1v) is 15.8. The third kappa shape index (κ3) is 8.24. The zero-order valence-corrected chi connectivity index (χ0v) is 27.9. The van der Waals surface area contributed by atoms with Crippen molar-refractivity contribution >= 4 is 40.8 Å². The van der Waals surface area contributed by atoms with Crippen LogP contribution in [0.25, 0.3) is 28.2 Å². The van der Waals surface area contributed by atoms with E-state index in [1.165, 1.54) is 40.0 Å². The highest BCUT2D eigenvalue weighted by Gasteiger charge is 2.38. The van der Waals surface area contributed by atoms with Crippen molar-refractivity contribution < 1.29 is 37.4 Å². The van der Waals surface area contributed by atoms with Crippen LogP contribution in [0.2, 0.25) is 10.2 Å². The molecular weight excluding hydrogens is 725 g/mol. The summed E-state index contributed by atoms with van der Waals surface area (Å²) in [5.41, 5.74) is 2.23. The number of carbonyl (C=O) groups excluding carboxylic acids is 1. The van der Waals surface area contributed by atoms with Gasteiger partial charge in [0, 0.05) is 23.7 Å². The number of nitrogens with one attached hydrogen (secondary N) is 1. The number of aliphatic carboxylic acids is 1. The van der Waals surface area contributed by atoms with Crippen LogP contribution < -0.4 is 10.9 Å². The molecule has 6 rings (SSSR count). The molecule has 51 heavy (non-hydrogen) atoms. The average molecular weight is 753 g/mol. The van der Waals surface area contributed by atoms with Crippen molar-refractivity contribution in [1.82, 2.24) is 39.3 Å². The first-order chi connectivity index (χ1) is 24.2. The van der Waals surface area contributed by atoms with Crippen LogP contribution >= 0.6 is 23.2 Å². The first-order valence-electron chi connectivity index (χ1n) is 15.1. The number of halogens is 6. The van der Waals surface area contributed by atoms with E-state index in [4.69, 9.17) is 33.1 Å². The molecule has 1 aromatic carbocycles. The molecule has 1 aliphatic heterocycles. The zero-order valence-electron chi connectivity index (χ0n) is 26.4. The smallest absolute Gasteiger partial charge is 0.475 e. The van der Waals surface area contributed by atoms with Crippen LogP contribution in [-0.2, 0) is 16.1 Å². The third-order valence-corrected chi connectivity index (χ3v) is 8.29. The van der Waals surface area contributed by atoms with E-state index in [1.54, 1.807) is 23.1 Å². The molecule has 0 saturated carbocycles. The van der Waals surface area contributed by atoms with Crippen LogP contribution in [0.1, 0.15) is 37.9 Å². The minimum atomic E-state index is -5.08. The zero-order chi connectivity index (χ0) is 37.0. The van der Waals surface area contributed by atoms with E-state index < -0.39 is 29.6 Å². The number of pyridine rings is 1. The molecule has 268 valence electrons. The number of alkyl halides is 3. The lowest BCUT2D eigenvalue weighted by molar-refractivity contribution is -0.192.